The standard InChI is InChI=1S/C21H25FO2/c22-19-7-20(18(16-1-2-16)6-17(19)11-23)24-12-21-8-13-3-14(9-21)5-15(4-13)10-21/h6-7,11,13-16H,1-5,8-10,12H2. The van der Waals surface area contributed by atoms with Crippen molar-refractivity contribution in [3.63, 3.8) is 0 Å². The van der Waals surface area contributed by atoms with Crippen LogP contribution in [0, 0.1) is 29.0 Å². The van der Waals surface area contributed by atoms with Crippen molar-refractivity contribution in [3.05, 3.63) is 29.1 Å². The van der Waals surface area contributed by atoms with E-state index >= 15 is 0 Å². The van der Waals surface area contributed by atoms with Gasteiger partial charge in [-0.2, -0.15) is 0 Å². The predicted molar refractivity (Wildman–Crippen MR) is 89.9 cm³/mol. The molecule has 0 atom stereocenters. The summed E-state index contributed by atoms with van der Waals surface area (Å²) in [6, 6.07) is 3.17. The molecule has 5 aliphatic carbocycles. The van der Waals surface area contributed by atoms with Crippen molar-refractivity contribution in [2.45, 2.75) is 57.3 Å². The van der Waals surface area contributed by atoms with Gasteiger partial charge in [0.15, 0.2) is 6.29 Å². The second-order valence-electron chi connectivity index (χ2n) is 9.01. The minimum atomic E-state index is -0.449. The van der Waals surface area contributed by atoms with E-state index in [4.69, 9.17) is 4.74 Å². The van der Waals surface area contributed by atoms with E-state index in [0.29, 0.717) is 23.4 Å². The average molecular weight is 328 g/mol. The zero-order valence-electron chi connectivity index (χ0n) is 14.1. The summed E-state index contributed by atoms with van der Waals surface area (Å²) in [4.78, 5) is 11.0. The molecule has 0 aliphatic heterocycles. The van der Waals surface area contributed by atoms with Gasteiger partial charge in [0.1, 0.15) is 11.6 Å². The summed E-state index contributed by atoms with van der Waals surface area (Å²) < 4.78 is 20.3. The topological polar surface area (TPSA) is 26.3 Å². The normalized spacial score (nSPS) is 36.8. The quantitative estimate of drug-likeness (QED) is 0.702. The lowest BCUT2D eigenvalue weighted by molar-refractivity contribution is -0.0746. The van der Waals surface area contributed by atoms with Crippen molar-refractivity contribution in [3.8, 4) is 5.75 Å². The van der Waals surface area contributed by atoms with Crippen LogP contribution in [0.15, 0.2) is 12.1 Å². The molecule has 0 N–H and O–H groups in total. The molecule has 0 unspecified atom stereocenters. The summed E-state index contributed by atoms with van der Waals surface area (Å²) in [5.41, 5.74) is 1.54. The van der Waals surface area contributed by atoms with Gasteiger partial charge in [-0.05, 0) is 86.7 Å². The monoisotopic (exact) mass is 328 g/mol. The first-order valence-corrected chi connectivity index (χ1v) is 9.55. The van der Waals surface area contributed by atoms with Crippen LogP contribution >= 0.6 is 0 Å². The van der Waals surface area contributed by atoms with Gasteiger partial charge in [-0.3, -0.25) is 4.79 Å². The molecule has 24 heavy (non-hydrogen) atoms. The van der Waals surface area contributed by atoms with E-state index in [1.54, 1.807) is 6.07 Å². The summed E-state index contributed by atoms with van der Waals surface area (Å²) >= 11 is 0. The molecule has 0 heterocycles. The Labute approximate surface area is 142 Å². The van der Waals surface area contributed by atoms with E-state index in [1.807, 2.05) is 0 Å². The highest BCUT2D eigenvalue weighted by atomic mass is 19.1. The molecule has 0 saturated heterocycles. The first-order valence-electron chi connectivity index (χ1n) is 9.55. The maximum absolute atomic E-state index is 14.1. The Bertz CT molecular complexity index is 641. The highest BCUT2D eigenvalue weighted by Gasteiger charge is 2.51. The Kier molecular flexibility index (Phi) is 3.30. The Morgan fingerprint density at radius 2 is 1.71 bits per heavy atom. The molecule has 0 spiro atoms. The third kappa shape index (κ3) is 2.48. The number of hydrogen-bond acceptors (Lipinski definition) is 2. The lowest BCUT2D eigenvalue weighted by atomic mass is 9.50. The van der Waals surface area contributed by atoms with Gasteiger partial charge in [-0.25, -0.2) is 4.39 Å². The molecule has 5 saturated carbocycles. The molecular formula is C21H25FO2. The van der Waals surface area contributed by atoms with Crippen LogP contribution in [-0.2, 0) is 0 Å². The highest BCUT2D eigenvalue weighted by Crippen LogP contribution is 2.60. The first kappa shape index (κ1) is 14.9. The summed E-state index contributed by atoms with van der Waals surface area (Å²) in [5.74, 6) is 3.40. The molecule has 1 aromatic carbocycles. The number of aldehydes is 1. The smallest absolute Gasteiger partial charge is 0.153 e. The van der Waals surface area contributed by atoms with Crippen LogP contribution in [0.5, 0.6) is 5.75 Å². The second-order valence-corrected chi connectivity index (χ2v) is 9.01. The molecule has 6 rings (SSSR count). The van der Waals surface area contributed by atoms with Crippen LogP contribution in [0.2, 0.25) is 0 Å². The number of carbonyl (C=O) groups is 1. The molecule has 5 fully saturated rings. The minimum absolute atomic E-state index is 0.166. The fourth-order valence-electron chi connectivity index (χ4n) is 6.22. The zero-order valence-corrected chi connectivity index (χ0v) is 14.1. The fraction of sp³-hybridized carbons (Fsp3) is 0.667. The van der Waals surface area contributed by atoms with Crippen molar-refractivity contribution >= 4 is 6.29 Å². The zero-order chi connectivity index (χ0) is 16.3. The molecule has 0 radical (unpaired) electrons. The lowest BCUT2D eigenvalue weighted by Gasteiger charge is -2.56. The van der Waals surface area contributed by atoms with Gasteiger partial charge < -0.3 is 4.74 Å². The van der Waals surface area contributed by atoms with Crippen LogP contribution in [-0.4, -0.2) is 12.9 Å². The Hall–Kier alpha value is -1.38. The van der Waals surface area contributed by atoms with Gasteiger partial charge in [0.25, 0.3) is 0 Å². The number of ether oxygens (including phenoxy) is 1. The molecular weight excluding hydrogens is 303 g/mol. The third-order valence-corrected chi connectivity index (χ3v) is 6.97. The molecule has 4 bridgehead atoms. The van der Waals surface area contributed by atoms with Crippen molar-refractivity contribution in [2.75, 3.05) is 6.61 Å². The van der Waals surface area contributed by atoms with Crippen LogP contribution in [0.25, 0.3) is 0 Å². The van der Waals surface area contributed by atoms with E-state index in [1.165, 1.54) is 44.6 Å². The minimum Gasteiger partial charge on any atom is -0.493 e. The Morgan fingerprint density at radius 3 is 2.25 bits per heavy atom. The van der Waals surface area contributed by atoms with Gasteiger partial charge in [-0.15, -0.1) is 0 Å². The number of carbonyl (C=O) groups excluding carboxylic acids is 1. The van der Waals surface area contributed by atoms with E-state index in [9.17, 15) is 9.18 Å². The summed E-state index contributed by atoms with van der Waals surface area (Å²) in [5, 5.41) is 0. The number of rotatable bonds is 5. The van der Waals surface area contributed by atoms with E-state index in [-0.39, 0.29) is 5.56 Å². The van der Waals surface area contributed by atoms with Crippen molar-refractivity contribution in [1.29, 1.82) is 0 Å². The third-order valence-electron chi connectivity index (χ3n) is 6.97. The molecule has 3 heteroatoms. The highest BCUT2D eigenvalue weighted by molar-refractivity contribution is 5.76. The molecule has 1 aromatic rings. The summed E-state index contributed by atoms with van der Waals surface area (Å²) in [7, 11) is 0. The average Bonchev–Trinajstić information content (AvgIpc) is 3.36. The number of hydrogen-bond donors (Lipinski definition) is 0. The molecule has 2 nitrogen and oxygen atoms in total. The molecule has 5 aliphatic rings. The predicted octanol–water partition coefficient (Wildman–Crippen LogP) is 5.11. The maximum atomic E-state index is 14.1. The molecule has 0 amide bonds. The van der Waals surface area contributed by atoms with Crippen molar-refractivity contribution in [1.82, 2.24) is 0 Å². The fourth-order valence-corrected chi connectivity index (χ4v) is 6.22. The number of halogens is 1. The van der Waals surface area contributed by atoms with Crippen molar-refractivity contribution < 1.29 is 13.9 Å². The van der Waals surface area contributed by atoms with Gasteiger partial charge >= 0.3 is 0 Å². The molecule has 0 aromatic heterocycles. The molecule has 128 valence electrons. The van der Waals surface area contributed by atoms with Gasteiger partial charge in [0, 0.05) is 11.5 Å². The van der Waals surface area contributed by atoms with E-state index in [2.05, 4.69) is 0 Å². The Balaban J connectivity index is 1.38. The van der Waals surface area contributed by atoms with Crippen LogP contribution < -0.4 is 4.74 Å². The van der Waals surface area contributed by atoms with Crippen LogP contribution in [0.4, 0.5) is 4.39 Å². The van der Waals surface area contributed by atoms with Crippen LogP contribution in [0.3, 0.4) is 0 Å². The largest absolute Gasteiger partial charge is 0.493 e. The SMILES string of the molecule is O=Cc1cc(C2CC2)c(OCC23CC4CC(CC(C4)C2)C3)cc1F. The lowest BCUT2D eigenvalue weighted by Crippen LogP contribution is -2.48. The maximum Gasteiger partial charge on any atom is 0.153 e. The second kappa shape index (κ2) is 5.31. The van der Waals surface area contributed by atoms with Gasteiger partial charge in [0.05, 0.1) is 12.2 Å². The van der Waals surface area contributed by atoms with Gasteiger partial charge in [0.2, 0.25) is 0 Å². The van der Waals surface area contributed by atoms with Gasteiger partial charge in [-0.1, -0.05) is 0 Å². The van der Waals surface area contributed by atoms with E-state index in [0.717, 1.165) is 42.8 Å². The number of benzene rings is 1. The Morgan fingerprint density at radius 1 is 1.08 bits per heavy atom. The summed E-state index contributed by atoms with van der Waals surface area (Å²) in [6.07, 6.45) is 11.0. The van der Waals surface area contributed by atoms with Crippen molar-refractivity contribution in [2.24, 2.45) is 23.2 Å². The summed E-state index contributed by atoms with van der Waals surface area (Å²) in [6.45, 7) is 0.732. The van der Waals surface area contributed by atoms with E-state index < -0.39 is 5.82 Å². The first-order chi connectivity index (χ1) is 11.6. The van der Waals surface area contributed by atoms with Crippen LogP contribution in [0.1, 0.15) is 73.2 Å².